The molecular formula is C24H24N4O4. The molecule has 0 spiro atoms. The molecule has 0 fully saturated rings. The van der Waals surface area contributed by atoms with Gasteiger partial charge in [0.2, 0.25) is 0 Å². The number of Topliss-reactive ketones (excluding diaryl/α,β-unsaturated/α-hetero) is 1. The lowest BCUT2D eigenvalue weighted by molar-refractivity contribution is -0.142. The predicted octanol–water partition coefficient (Wildman–Crippen LogP) is 3.96. The maximum Gasteiger partial charge on any atom is 0.307 e. The van der Waals surface area contributed by atoms with Crippen molar-refractivity contribution in [2.45, 2.75) is 20.3 Å². The Morgan fingerprint density at radius 1 is 0.969 bits per heavy atom. The first-order chi connectivity index (χ1) is 15.5. The smallest absolute Gasteiger partial charge is 0.307 e. The molecule has 1 heterocycles. The number of amides is 1. The highest BCUT2D eigenvalue weighted by atomic mass is 16.5. The van der Waals surface area contributed by atoms with Gasteiger partial charge in [-0.2, -0.15) is 0 Å². The quantitative estimate of drug-likeness (QED) is 0.389. The topological polar surface area (TPSA) is 110 Å². The molecule has 0 atom stereocenters. The maximum atomic E-state index is 13.0. The minimum atomic E-state index is -0.480. The van der Waals surface area contributed by atoms with Crippen LogP contribution < -0.4 is 10.6 Å². The number of para-hydroxylation sites is 1. The van der Waals surface area contributed by atoms with Crippen LogP contribution in [0.25, 0.3) is 11.4 Å². The number of carbonyl (C=O) groups is 3. The number of esters is 1. The van der Waals surface area contributed by atoms with Gasteiger partial charge < -0.3 is 15.4 Å². The zero-order valence-electron chi connectivity index (χ0n) is 17.9. The number of ketones is 1. The van der Waals surface area contributed by atoms with Gasteiger partial charge in [0, 0.05) is 23.7 Å². The molecule has 0 aliphatic heterocycles. The lowest BCUT2D eigenvalue weighted by atomic mass is 10.1. The Kier molecular flexibility index (Phi) is 7.64. The number of rotatable bonds is 9. The van der Waals surface area contributed by atoms with Crippen LogP contribution in [0.3, 0.4) is 0 Å². The van der Waals surface area contributed by atoms with Crippen LogP contribution in [0.1, 0.15) is 41.1 Å². The highest BCUT2D eigenvalue weighted by Crippen LogP contribution is 2.20. The van der Waals surface area contributed by atoms with Gasteiger partial charge >= 0.3 is 5.97 Å². The van der Waals surface area contributed by atoms with Crippen LogP contribution in [-0.4, -0.2) is 40.8 Å². The van der Waals surface area contributed by atoms with Gasteiger partial charge in [0.15, 0.2) is 11.6 Å². The third-order valence-corrected chi connectivity index (χ3v) is 4.49. The van der Waals surface area contributed by atoms with Gasteiger partial charge in [-0.05, 0) is 26.0 Å². The molecule has 32 heavy (non-hydrogen) atoms. The van der Waals surface area contributed by atoms with Crippen LogP contribution in [0.15, 0.2) is 60.7 Å². The second-order valence-corrected chi connectivity index (χ2v) is 6.87. The largest absolute Gasteiger partial charge is 0.466 e. The molecule has 8 heteroatoms. The van der Waals surface area contributed by atoms with Crippen molar-refractivity contribution in [3.8, 4) is 11.4 Å². The summed E-state index contributed by atoms with van der Waals surface area (Å²) in [6, 6.07) is 17.5. The summed E-state index contributed by atoms with van der Waals surface area (Å²) in [6.45, 7) is 3.79. The average Bonchev–Trinajstić information content (AvgIpc) is 2.80. The Balaban J connectivity index is 1.88. The molecule has 1 amide bonds. The van der Waals surface area contributed by atoms with Gasteiger partial charge in [0.25, 0.3) is 5.91 Å². The molecule has 2 N–H and O–H groups in total. The first-order valence-corrected chi connectivity index (χ1v) is 10.2. The third kappa shape index (κ3) is 5.98. The van der Waals surface area contributed by atoms with Crippen molar-refractivity contribution >= 4 is 29.2 Å². The Hall–Kier alpha value is -4.07. The van der Waals surface area contributed by atoms with E-state index in [9.17, 15) is 14.4 Å². The number of anilines is 2. The number of aromatic nitrogens is 2. The fourth-order valence-corrected chi connectivity index (χ4v) is 2.98. The summed E-state index contributed by atoms with van der Waals surface area (Å²) in [6.07, 6.45) is 0.159. The van der Waals surface area contributed by atoms with Gasteiger partial charge in [-0.15, -0.1) is 0 Å². The van der Waals surface area contributed by atoms with Crippen LogP contribution >= 0.6 is 0 Å². The third-order valence-electron chi connectivity index (χ3n) is 4.49. The minimum Gasteiger partial charge on any atom is -0.466 e. The molecule has 8 nitrogen and oxygen atoms in total. The SMILES string of the molecule is CCOC(=O)CCNc1cc(C(=O)Nc2ccccc2C(C)=O)nc(-c2ccccc2)n1. The van der Waals surface area contributed by atoms with Crippen LogP contribution in [-0.2, 0) is 9.53 Å². The molecule has 0 unspecified atom stereocenters. The summed E-state index contributed by atoms with van der Waals surface area (Å²) in [7, 11) is 0. The molecule has 164 valence electrons. The van der Waals surface area contributed by atoms with Gasteiger partial charge in [0.05, 0.1) is 18.7 Å². The first-order valence-electron chi connectivity index (χ1n) is 10.2. The fraction of sp³-hybridized carbons (Fsp3) is 0.208. The maximum absolute atomic E-state index is 13.0. The molecule has 0 aliphatic rings. The summed E-state index contributed by atoms with van der Waals surface area (Å²) >= 11 is 0. The summed E-state index contributed by atoms with van der Waals surface area (Å²) in [5, 5.41) is 5.80. The van der Waals surface area contributed by atoms with E-state index in [1.54, 1.807) is 31.2 Å². The van der Waals surface area contributed by atoms with Crippen LogP contribution in [0, 0.1) is 0 Å². The number of benzene rings is 2. The van der Waals surface area contributed by atoms with E-state index in [1.165, 1.54) is 13.0 Å². The Morgan fingerprint density at radius 3 is 2.41 bits per heavy atom. The molecular weight excluding hydrogens is 408 g/mol. The van der Waals surface area contributed by atoms with Crippen molar-refractivity contribution in [3.63, 3.8) is 0 Å². The average molecular weight is 432 g/mol. The normalized spacial score (nSPS) is 10.3. The predicted molar refractivity (Wildman–Crippen MR) is 122 cm³/mol. The molecule has 1 aromatic heterocycles. The second-order valence-electron chi connectivity index (χ2n) is 6.87. The van der Waals surface area contributed by atoms with E-state index in [-0.39, 0.29) is 30.4 Å². The first kappa shape index (κ1) is 22.6. The van der Waals surface area contributed by atoms with E-state index in [0.29, 0.717) is 29.5 Å². The number of ether oxygens (including phenoxy) is 1. The van der Waals surface area contributed by atoms with Crippen LogP contribution in [0.4, 0.5) is 11.5 Å². The number of carbonyl (C=O) groups excluding carboxylic acids is 3. The van der Waals surface area contributed by atoms with Crippen molar-refractivity contribution < 1.29 is 19.1 Å². The van der Waals surface area contributed by atoms with E-state index in [0.717, 1.165) is 5.56 Å². The molecule has 0 saturated carbocycles. The van der Waals surface area contributed by atoms with Gasteiger partial charge in [-0.1, -0.05) is 42.5 Å². The lowest BCUT2D eigenvalue weighted by Crippen LogP contribution is -2.18. The Bertz CT molecular complexity index is 1120. The number of hydrogen-bond donors (Lipinski definition) is 2. The van der Waals surface area contributed by atoms with Gasteiger partial charge in [0.1, 0.15) is 11.5 Å². The van der Waals surface area contributed by atoms with Crippen molar-refractivity contribution in [3.05, 3.63) is 71.9 Å². The number of hydrogen-bond acceptors (Lipinski definition) is 7. The molecule has 0 aliphatic carbocycles. The molecule has 0 radical (unpaired) electrons. The number of nitrogens with one attached hydrogen (secondary N) is 2. The molecule has 0 saturated heterocycles. The molecule has 0 bridgehead atoms. The van der Waals surface area contributed by atoms with Crippen molar-refractivity contribution in [1.29, 1.82) is 0 Å². The molecule has 2 aromatic carbocycles. The summed E-state index contributed by atoms with van der Waals surface area (Å²) < 4.78 is 4.93. The second kappa shape index (κ2) is 10.8. The highest BCUT2D eigenvalue weighted by Gasteiger charge is 2.16. The monoisotopic (exact) mass is 432 g/mol. The summed E-state index contributed by atoms with van der Waals surface area (Å²) in [5.41, 5.74) is 1.67. The Morgan fingerprint density at radius 2 is 1.69 bits per heavy atom. The van der Waals surface area contributed by atoms with Gasteiger partial charge in [-0.3, -0.25) is 14.4 Å². The van der Waals surface area contributed by atoms with Crippen LogP contribution in [0.5, 0.6) is 0 Å². The zero-order valence-corrected chi connectivity index (χ0v) is 17.9. The Labute approximate surface area is 186 Å². The summed E-state index contributed by atoms with van der Waals surface area (Å²) in [4.78, 5) is 45.3. The minimum absolute atomic E-state index is 0.121. The molecule has 3 rings (SSSR count). The number of nitrogens with zero attached hydrogens (tertiary/aromatic N) is 2. The highest BCUT2D eigenvalue weighted by molar-refractivity contribution is 6.08. The van der Waals surface area contributed by atoms with E-state index >= 15 is 0 Å². The van der Waals surface area contributed by atoms with Crippen LogP contribution in [0.2, 0.25) is 0 Å². The van der Waals surface area contributed by atoms with Crippen molar-refractivity contribution in [1.82, 2.24) is 9.97 Å². The molecule has 3 aromatic rings. The lowest BCUT2D eigenvalue weighted by Gasteiger charge is -2.12. The standard InChI is InChI=1S/C24H24N4O4/c1-3-32-22(30)13-14-25-21-15-20(26-23(28-21)17-9-5-4-6-10-17)24(31)27-19-12-8-7-11-18(19)16(2)29/h4-12,15H,3,13-14H2,1-2H3,(H,27,31)(H,25,26,28). The van der Waals surface area contributed by atoms with Crippen molar-refractivity contribution in [2.24, 2.45) is 0 Å². The van der Waals surface area contributed by atoms with E-state index in [2.05, 4.69) is 20.6 Å². The fourth-order valence-electron chi connectivity index (χ4n) is 2.98. The van der Waals surface area contributed by atoms with Crippen molar-refractivity contribution in [2.75, 3.05) is 23.8 Å². The van der Waals surface area contributed by atoms with E-state index < -0.39 is 5.91 Å². The van der Waals surface area contributed by atoms with Gasteiger partial charge in [-0.25, -0.2) is 9.97 Å². The zero-order chi connectivity index (χ0) is 22.9. The van der Waals surface area contributed by atoms with E-state index in [1.807, 2.05) is 30.3 Å². The summed E-state index contributed by atoms with van der Waals surface area (Å²) in [5.74, 6) is -0.206. The van der Waals surface area contributed by atoms with E-state index in [4.69, 9.17) is 4.74 Å².